The highest BCUT2D eigenvalue weighted by molar-refractivity contribution is 7.86. The van der Waals surface area contributed by atoms with Crippen LogP contribution in [0.25, 0.3) is 0 Å². The predicted octanol–water partition coefficient (Wildman–Crippen LogP) is 0.0281. The summed E-state index contributed by atoms with van der Waals surface area (Å²) >= 11 is 0. The first-order valence-corrected chi connectivity index (χ1v) is 6.66. The van der Waals surface area contributed by atoms with Crippen LogP contribution in [-0.2, 0) is 10.2 Å². The first-order chi connectivity index (χ1) is 6.85. The van der Waals surface area contributed by atoms with Crippen molar-refractivity contribution in [3.63, 3.8) is 0 Å². The van der Waals surface area contributed by atoms with Crippen LogP contribution < -0.4 is 0 Å². The Kier molecular flexibility index (Phi) is 4.11. The van der Waals surface area contributed by atoms with E-state index in [2.05, 4.69) is 0 Å². The number of β-amino-alcohol motifs (C(OH)–C–C–N with tert-alkyl or cyclic N) is 1. The maximum absolute atomic E-state index is 12.0. The van der Waals surface area contributed by atoms with Crippen LogP contribution in [0.4, 0.5) is 0 Å². The second-order valence-corrected chi connectivity index (χ2v) is 6.26. The lowest BCUT2D eigenvalue weighted by Crippen LogP contribution is -2.49. The summed E-state index contributed by atoms with van der Waals surface area (Å²) in [5, 5.41) is 9.44. The van der Waals surface area contributed by atoms with Crippen molar-refractivity contribution in [2.24, 2.45) is 0 Å². The van der Waals surface area contributed by atoms with Gasteiger partial charge in [0.2, 0.25) is 0 Å². The van der Waals surface area contributed by atoms with Crippen molar-refractivity contribution in [2.45, 2.75) is 38.8 Å². The molecule has 1 saturated heterocycles. The van der Waals surface area contributed by atoms with E-state index in [1.165, 1.54) is 8.61 Å². The third kappa shape index (κ3) is 2.90. The maximum atomic E-state index is 12.0. The fourth-order valence-electron chi connectivity index (χ4n) is 1.58. The molecule has 1 rings (SSSR count). The Balaban J connectivity index is 2.77. The van der Waals surface area contributed by atoms with Crippen LogP contribution in [-0.4, -0.2) is 54.4 Å². The standard InChI is InChI=1S/C9H20N2O3S/c1-8(2)10(3)15(13,14)11-6-4-5-9(12)7-11/h8-9,12H,4-7H2,1-3H3. The van der Waals surface area contributed by atoms with Gasteiger partial charge in [-0.1, -0.05) is 0 Å². The van der Waals surface area contributed by atoms with Gasteiger partial charge in [-0.2, -0.15) is 17.0 Å². The average molecular weight is 236 g/mol. The van der Waals surface area contributed by atoms with Gasteiger partial charge in [0.15, 0.2) is 0 Å². The molecule has 1 fully saturated rings. The smallest absolute Gasteiger partial charge is 0.282 e. The Labute approximate surface area is 91.9 Å². The fraction of sp³-hybridized carbons (Fsp3) is 1.00. The molecule has 1 unspecified atom stereocenters. The molecular weight excluding hydrogens is 216 g/mol. The number of hydrogen-bond donors (Lipinski definition) is 1. The lowest BCUT2D eigenvalue weighted by Gasteiger charge is -2.33. The zero-order valence-electron chi connectivity index (χ0n) is 9.55. The number of hydrogen-bond acceptors (Lipinski definition) is 3. The molecule has 15 heavy (non-hydrogen) atoms. The van der Waals surface area contributed by atoms with Crippen LogP contribution in [0.2, 0.25) is 0 Å². The lowest BCUT2D eigenvalue weighted by atomic mass is 10.1. The summed E-state index contributed by atoms with van der Waals surface area (Å²) in [6, 6.07) is -0.0610. The maximum Gasteiger partial charge on any atom is 0.282 e. The van der Waals surface area contributed by atoms with Gasteiger partial charge in [0.1, 0.15) is 0 Å². The number of nitrogens with zero attached hydrogens (tertiary/aromatic N) is 2. The molecule has 1 aliphatic rings. The summed E-state index contributed by atoms with van der Waals surface area (Å²) in [6.45, 7) is 4.39. The second-order valence-electron chi connectivity index (χ2n) is 4.27. The average Bonchev–Trinajstić information content (AvgIpc) is 2.16. The highest BCUT2D eigenvalue weighted by atomic mass is 32.2. The molecule has 0 aromatic carbocycles. The SMILES string of the molecule is CC(C)N(C)S(=O)(=O)N1CCCC(O)C1. The summed E-state index contributed by atoms with van der Waals surface area (Å²) in [5.41, 5.74) is 0. The van der Waals surface area contributed by atoms with Crippen LogP contribution in [0.1, 0.15) is 26.7 Å². The van der Waals surface area contributed by atoms with Crippen molar-refractivity contribution in [1.82, 2.24) is 8.61 Å². The quantitative estimate of drug-likeness (QED) is 0.752. The van der Waals surface area contributed by atoms with Gasteiger partial charge >= 0.3 is 0 Å². The van der Waals surface area contributed by atoms with Gasteiger partial charge in [-0.3, -0.25) is 0 Å². The zero-order valence-corrected chi connectivity index (χ0v) is 10.4. The highest BCUT2D eigenvalue weighted by Gasteiger charge is 2.32. The summed E-state index contributed by atoms with van der Waals surface area (Å²) in [6.07, 6.45) is 0.901. The summed E-state index contributed by atoms with van der Waals surface area (Å²) in [4.78, 5) is 0. The third-order valence-electron chi connectivity index (χ3n) is 2.78. The Morgan fingerprint density at radius 2 is 2.07 bits per heavy atom. The molecule has 5 nitrogen and oxygen atoms in total. The lowest BCUT2D eigenvalue weighted by molar-refractivity contribution is 0.104. The van der Waals surface area contributed by atoms with Gasteiger partial charge in [0, 0.05) is 26.2 Å². The molecule has 0 radical (unpaired) electrons. The van der Waals surface area contributed by atoms with Crippen LogP contribution in [0, 0.1) is 0 Å². The second kappa shape index (κ2) is 4.78. The monoisotopic (exact) mass is 236 g/mol. The van der Waals surface area contributed by atoms with Crippen molar-refractivity contribution in [1.29, 1.82) is 0 Å². The number of aliphatic hydroxyl groups excluding tert-OH is 1. The van der Waals surface area contributed by atoms with Gasteiger partial charge in [-0.05, 0) is 26.7 Å². The van der Waals surface area contributed by atoms with Gasteiger partial charge in [0.05, 0.1) is 6.10 Å². The van der Waals surface area contributed by atoms with Crippen molar-refractivity contribution in [3.05, 3.63) is 0 Å². The van der Waals surface area contributed by atoms with E-state index in [1.54, 1.807) is 7.05 Å². The van der Waals surface area contributed by atoms with E-state index in [-0.39, 0.29) is 12.6 Å². The van der Waals surface area contributed by atoms with Crippen LogP contribution in [0.5, 0.6) is 0 Å². The largest absolute Gasteiger partial charge is 0.392 e. The van der Waals surface area contributed by atoms with Crippen molar-refractivity contribution < 1.29 is 13.5 Å². The minimum Gasteiger partial charge on any atom is -0.392 e. The first-order valence-electron chi connectivity index (χ1n) is 5.27. The summed E-state index contributed by atoms with van der Waals surface area (Å²) in [5.74, 6) is 0. The van der Waals surface area contributed by atoms with Gasteiger partial charge < -0.3 is 5.11 Å². The van der Waals surface area contributed by atoms with Crippen molar-refractivity contribution in [2.75, 3.05) is 20.1 Å². The van der Waals surface area contributed by atoms with Crippen LogP contribution in [0.15, 0.2) is 0 Å². The first kappa shape index (κ1) is 12.9. The molecule has 1 heterocycles. The predicted molar refractivity (Wildman–Crippen MR) is 58.6 cm³/mol. The van der Waals surface area contributed by atoms with Crippen LogP contribution in [0.3, 0.4) is 0 Å². The van der Waals surface area contributed by atoms with Gasteiger partial charge in [0.25, 0.3) is 10.2 Å². The van der Waals surface area contributed by atoms with Crippen LogP contribution >= 0.6 is 0 Å². The fourth-order valence-corrected chi connectivity index (χ4v) is 3.20. The molecule has 0 amide bonds. The molecule has 0 aromatic rings. The van der Waals surface area contributed by atoms with E-state index in [0.717, 1.165) is 6.42 Å². The van der Waals surface area contributed by atoms with E-state index >= 15 is 0 Å². The minimum atomic E-state index is -3.39. The Hall–Kier alpha value is -0.170. The molecule has 0 saturated carbocycles. The van der Waals surface area contributed by atoms with E-state index in [9.17, 15) is 13.5 Å². The summed E-state index contributed by atoms with van der Waals surface area (Å²) in [7, 11) is -1.82. The molecule has 1 atom stereocenters. The number of piperidine rings is 1. The molecule has 0 aliphatic carbocycles. The van der Waals surface area contributed by atoms with Crippen molar-refractivity contribution >= 4 is 10.2 Å². The normalized spacial score (nSPS) is 25.1. The van der Waals surface area contributed by atoms with E-state index < -0.39 is 16.3 Å². The minimum absolute atomic E-state index is 0.0610. The summed E-state index contributed by atoms with van der Waals surface area (Å²) < 4.78 is 26.7. The number of rotatable bonds is 3. The van der Waals surface area contributed by atoms with E-state index in [1.807, 2.05) is 13.8 Å². The highest BCUT2D eigenvalue weighted by Crippen LogP contribution is 2.17. The van der Waals surface area contributed by atoms with E-state index in [0.29, 0.717) is 13.0 Å². The topological polar surface area (TPSA) is 60.9 Å². The molecular formula is C9H20N2O3S. The third-order valence-corrected chi connectivity index (χ3v) is 4.91. The molecule has 1 aliphatic heterocycles. The van der Waals surface area contributed by atoms with Crippen molar-refractivity contribution in [3.8, 4) is 0 Å². The molecule has 0 aromatic heterocycles. The molecule has 0 bridgehead atoms. The zero-order chi connectivity index (χ0) is 11.6. The molecule has 6 heteroatoms. The number of aliphatic hydroxyl groups is 1. The molecule has 90 valence electrons. The molecule has 0 spiro atoms. The molecule has 1 N–H and O–H groups in total. The van der Waals surface area contributed by atoms with E-state index in [4.69, 9.17) is 0 Å². The Morgan fingerprint density at radius 1 is 1.47 bits per heavy atom. The Bertz CT molecular complexity index is 302. The van der Waals surface area contributed by atoms with Gasteiger partial charge in [-0.25, -0.2) is 0 Å². The van der Waals surface area contributed by atoms with Gasteiger partial charge in [-0.15, -0.1) is 0 Å². The Morgan fingerprint density at radius 3 is 2.53 bits per heavy atom.